The quantitative estimate of drug-likeness (QED) is 0.413. The molecule has 0 amide bonds. The van der Waals surface area contributed by atoms with Crippen molar-refractivity contribution in [1.82, 2.24) is 9.97 Å². The number of aliphatic hydroxyl groups excluding tert-OH is 2. The summed E-state index contributed by atoms with van der Waals surface area (Å²) in [6, 6.07) is 1.30. The van der Waals surface area contributed by atoms with Crippen molar-refractivity contribution in [3.05, 3.63) is 34.1 Å². The fraction of sp³-hybridized carbons (Fsp3) is 0.333. The number of H-pyrrole nitrogens is 1. The molecule has 2 aromatic rings. The van der Waals surface area contributed by atoms with Crippen molar-refractivity contribution in [3.8, 4) is 0 Å². The van der Waals surface area contributed by atoms with Gasteiger partial charge in [-0.05, 0) is 13.0 Å². The first-order valence-corrected chi connectivity index (χ1v) is 6.10. The molecule has 0 bridgehead atoms. The summed E-state index contributed by atoms with van der Waals surface area (Å²) in [5, 5.41) is 30.6. The standard InChI is InChI=1S/C12H13N3O6/c1-2-21-12(18)10(17)9(16)6-3-7-8(15(19)20)5-14-11(7)13-4-6/h3-5,9-10,16-17H,2H2,1H3,(H,13,14). The average molecular weight is 295 g/mol. The summed E-state index contributed by atoms with van der Waals surface area (Å²) in [6.07, 6.45) is -0.983. The molecule has 0 aliphatic rings. The van der Waals surface area contributed by atoms with Gasteiger partial charge in [0.2, 0.25) is 0 Å². The zero-order valence-corrected chi connectivity index (χ0v) is 11.0. The molecule has 21 heavy (non-hydrogen) atoms. The van der Waals surface area contributed by atoms with Gasteiger partial charge < -0.3 is 19.9 Å². The summed E-state index contributed by atoms with van der Waals surface area (Å²) in [7, 11) is 0. The van der Waals surface area contributed by atoms with Crippen LogP contribution in [0.3, 0.4) is 0 Å². The highest BCUT2D eigenvalue weighted by molar-refractivity contribution is 5.86. The normalized spacial score (nSPS) is 13.9. The van der Waals surface area contributed by atoms with E-state index in [1.807, 2.05) is 0 Å². The Morgan fingerprint density at radius 1 is 1.57 bits per heavy atom. The van der Waals surface area contributed by atoms with E-state index < -0.39 is 23.1 Å². The number of aliphatic hydroxyl groups is 2. The van der Waals surface area contributed by atoms with Crippen LogP contribution >= 0.6 is 0 Å². The van der Waals surface area contributed by atoms with Crippen molar-refractivity contribution in [3.63, 3.8) is 0 Å². The lowest BCUT2D eigenvalue weighted by atomic mass is 10.1. The Morgan fingerprint density at radius 2 is 2.29 bits per heavy atom. The Morgan fingerprint density at radius 3 is 2.90 bits per heavy atom. The van der Waals surface area contributed by atoms with E-state index in [9.17, 15) is 25.1 Å². The SMILES string of the molecule is CCOC(=O)C(O)C(O)c1cnc2[nH]cc([N+](=O)[O-])c2c1. The van der Waals surface area contributed by atoms with Crippen LogP contribution < -0.4 is 0 Å². The molecule has 0 saturated carbocycles. The highest BCUT2D eigenvalue weighted by atomic mass is 16.6. The number of fused-ring (bicyclic) bond motifs is 1. The van der Waals surface area contributed by atoms with Crippen LogP contribution in [0, 0.1) is 10.1 Å². The third-order valence-electron chi connectivity index (χ3n) is 2.90. The van der Waals surface area contributed by atoms with Gasteiger partial charge in [0.05, 0.1) is 23.1 Å². The number of nitro groups is 1. The summed E-state index contributed by atoms with van der Waals surface area (Å²) in [6.45, 7) is 1.62. The van der Waals surface area contributed by atoms with Crippen molar-refractivity contribution in [2.45, 2.75) is 19.1 Å². The smallest absolute Gasteiger partial charge is 0.338 e. The fourth-order valence-electron chi connectivity index (χ4n) is 1.86. The van der Waals surface area contributed by atoms with Crippen LogP contribution in [0.15, 0.2) is 18.5 Å². The number of rotatable bonds is 5. The molecule has 0 saturated heterocycles. The average Bonchev–Trinajstić information content (AvgIpc) is 2.88. The minimum atomic E-state index is -1.79. The van der Waals surface area contributed by atoms with Crippen LogP contribution in [0.2, 0.25) is 0 Å². The summed E-state index contributed by atoms with van der Waals surface area (Å²) in [5.74, 6) is -0.978. The zero-order valence-electron chi connectivity index (χ0n) is 11.0. The molecule has 2 unspecified atom stereocenters. The minimum Gasteiger partial charge on any atom is -0.464 e. The number of hydrogen-bond acceptors (Lipinski definition) is 7. The first kappa shape index (κ1) is 14.9. The predicted molar refractivity (Wildman–Crippen MR) is 70.3 cm³/mol. The van der Waals surface area contributed by atoms with Gasteiger partial charge >= 0.3 is 5.97 Å². The highest BCUT2D eigenvalue weighted by Crippen LogP contribution is 2.27. The Labute approximate surface area is 118 Å². The summed E-state index contributed by atoms with van der Waals surface area (Å²) >= 11 is 0. The number of esters is 1. The number of aromatic amines is 1. The molecular weight excluding hydrogens is 282 g/mol. The highest BCUT2D eigenvalue weighted by Gasteiger charge is 2.28. The monoisotopic (exact) mass is 295 g/mol. The number of nitrogens with one attached hydrogen (secondary N) is 1. The van der Waals surface area contributed by atoms with E-state index in [1.54, 1.807) is 6.92 Å². The maximum Gasteiger partial charge on any atom is 0.338 e. The first-order valence-electron chi connectivity index (χ1n) is 6.10. The molecular formula is C12H13N3O6. The summed E-state index contributed by atoms with van der Waals surface area (Å²) in [5.41, 5.74) is 0.131. The van der Waals surface area contributed by atoms with Gasteiger partial charge in [0.15, 0.2) is 6.10 Å². The van der Waals surface area contributed by atoms with E-state index in [0.717, 1.165) is 0 Å². The third-order valence-corrected chi connectivity index (χ3v) is 2.90. The van der Waals surface area contributed by atoms with Crippen LogP contribution in [0.25, 0.3) is 11.0 Å². The Balaban J connectivity index is 2.35. The van der Waals surface area contributed by atoms with Gasteiger partial charge in [0.1, 0.15) is 11.8 Å². The topological polar surface area (TPSA) is 139 Å². The second-order valence-electron chi connectivity index (χ2n) is 4.24. The molecule has 9 heteroatoms. The van der Waals surface area contributed by atoms with Crippen molar-refractivity contribution in [2.24, 2.45) is 0 Å². The van der Waals surface area contributed by atoms with Crippen molar-refractivity contribution in [1.29, 1.82) is 0 Å². The fourth-order valence-corrected chi connectivity index (χ4v) is 1.86. The van der Waals surface area contributed by atoms with Crippen LogP contribution in [0.4, 0.5) is 5.69 Å². The van der Waals surface area contributed by atoms with E-state index in [1.165, 1.54) is 18.5 Å². The third kappa shape index (κ3) is 2.83. The maximum atomic E-state index is 11.4. The molecule has 9 nitrogen and oxygen atoms in total. The van der Waals surface area contributed by atoms with Gasteiger partial charge in [-0.3, -0.25) is 10.1 Å². The Kier molecular flexibility index (Phi) is 4.15. The summed E-state index contributed by atoms with van der Waals surface area (Å²) < 4.78 is 4.60. The lowest BCUT2D eigenvalue weighted by molar-refractivity contribution is -0.383. The zero-order chi connectivity index (χ0) is 15.6. The van der Waals surface area contributed by atoms with Crippen LogP contribution in [-0.4, -0.2) is 43.8 Å². The maximum absolute atomic E-state index is 11.4. The Bertz CT molecular complexity index is 683. The van der Waals surface area contributed by atoms with Crippen LogP contribution in [-0.2, 0) is 9.53 Å². The number of aromatic nitrogens is 2. The van der Waals surface area contributed by atoms with Gasteiger partial charge in [-0.15, -0.1) is 0 Å². The number of pyridine rings is 1. The van der Waals surface area contributed by atoms with E-state index in [4.69, 9.17) is 0 Å². The molecule has 0 spiro atoms. The molecule has 2 rings (SSSR count). The number of carbonyl (C=O) groups is 1. The summed E-state index contributed by atoms with van der Waals surface area (Å²) in [4.78, 5) is 28.2. The largest absolute Gasteiger partial charge is 0.464 e. The Hall–Kier alpha value is -2.52. The molecule has 0 aliphatic carbocycles. The minimum absolute atomic E-state index is 0.0587. The lowest BCUT2D eigenvalue weighted by Crippen LogP contribution is -2.29. The molecule has 2 aromatic heterocycles. The van der Waals surface area contributed by atoms with Crippen LogP contribution in [0.1, 0.15) is 18.6 Å². The molecule has 0 radical (unpaired) electrons. The van der Waals surface area contributed by atoms with Gasteiger partial charge in [-0.25, -0.2) is 9.78 Å². The van der Waals surface area contributed by atoms with E-state index >= 15 is 0 Å². The number of hydrogen-bond donors (Lipinski definition) is 3. The van der Waals surface area contributed by atoms with Crippen LogP contribution in [0.5, 0.6) is 0 Å². The van der Waals surface area contributed by atoms with E-state index in [0.29, 0.717) is 0 Å². The van der Waals surface area contributed by atoms with Crippen molar-refractivity contribution < 1.29 is 24.7 Å². The van der Waals surface area contributed by atoms with Crippen molar-refractivity contribution in [2.75, 3.05) is 6.61 Å². The molecule has 2 atom stereocenters. The molecule has 0 aromatic carbocycles. The van der Waals surface area contributed by atoms with Gasteiger partial charge in [0, 0.05) is 11.8 Å². The molecule has 0 fully saturated rings. The predicted octanol–water partition coefficient (Wildman–Crippen LogP) is 0.428. The number of nitrogens with zero attached hydrogens (tertiary/aromatic N) is 2. The van der Waals surface area contributed by atoms with Gasteiger partial charge in [-0.2, -0.15) is 0 Å². The molecule has 3 N–H and O–H groups in total. The second kappa shape index (κ2) is 5.85. The number of ether oxygens (including phenoxy) is 1. The van der Waals surface area contributed by atoms with E-state index in [2.05, 4.69) is 14.7 Å². The second-order valence-corrected chi connectivity index (χ2v) is 4.24. The lowest BCUT2D eigenvalue weighted by Gasteiger charge is -2.16. The first-order chi connectivity index (χ1) is 9.95. The van der Waals surface area contributed by atoms with E-state index in [-0.39, 0.29) is 28.9 Å². The molecule has 0 aliphatic heterocycles. The van der Waals surface area contributed by atoms with Gasteiger partial charge in [0.25, 0.3) is 5.69 Å². The van der Waals surface area contributed by atoms with Gasteiger partial charge in [-0.1, -0.05) is 0 Å². The molecule has 2 heterocycles. The van der Waals surface area contributed by atoms with Crippen molar-refractivity contribution >= 4 is 22.7 Å². The molecule has 112 valence electrons. The number of carbonyl (C=O) groups excluding carboxylic acids is 1.